The van der Waals surface area contributed by atoms with Gasteiger partial charge in [-0.15, -0.1) is 0 Å². The maximum Gasteiger partial charge on any atom is 0.230 e. The number of carbonyl (C=O) groups excluding carboxylic acids is 1. The first kappa shape index (κ1) is 16.2. The summed E-state index contributed by atoms with van der Waals surface area (Å²) in [6.45, 7) is 7.91. The molecular formula is C15H22BrNO2. The molecule has 19 heavy (non-hydrogen) atoms. The second-order valence-electron chi connectivity index (χ2n) is 5.21. The number of hydrogen-bond acceptors (Lipinski definition) is 2. The van der Waals surface area contributed by atoms with Crippen LogP contribution >= 0.6 is 15.9 Å². The molecule has 0 aromatic heterocycles. The number of benzene rings is 1. The monoisotopic (exact) mass is 327 g/mol. The fourth-order valence-electron chi connectivity index (χ4n) is 1.98. The Labute approximate surface area is 123 Å². The SMILES string of the molecule is CC(O)CN(C(=O)C(C)c1ccc(Br)cc1)C(C)C. The summed E-state index contributed by atoms with van der Waals surface area (Å²) in [5, 5.41) is 9.51. The number of aliphatic hydroxyl groups excluding tert-OH is 1. The van der Waals surface area contributed by atoms with Crippen molar-refractivity contribution in [1.29, 1.82) is 0 Å². The fraction of sp³-hybridized carbons (Fsp3) is 0.533. The smallest absolute Gasteiger partial charge is 0.230 e. The van der Waals surface area contributed by atoms with Gasteiger partial charge in [0.25, 0.3) is 0 Å². The molecule has 4 heteroatoms. The van der Waals surface area contributed by atoms with Gasteiger partial charge in [0.1, 0.15) is 0 Å². The number of rotatable bonds is 5. The summed E-state index contributed by atoms with van der Waals surface area (Å²) in [4.78, 5) is 14.2. The van der Waals surface area contributed by atoms with Gasteiger partial charge in [-0.05, 0) is 45.4 Å². The zero-order valence-electron chi connectivity index (χ0n) is 11.9. The molecular weight excluding hydrogens is 306 g/mol. The van der Waals surface area contributed by atoms with Crippen molar-refractivity contribution in [3.05, 3.63) is 34.3 Å². The highest BCUT2D eigenvalue weighted by Crippen LogP contribution is 2.21. The molecule has 0 spiro atoms. The van der Waals surface area contributed by atoms with Gasteiger partial charge in [0.15, 0.2) is 0 Å². The Balaban J connectivity index is 2.86. The van der Waals surface area contributed by atoms with Crippen LogP contribution in [0.25, 0.3) is 0 Å². The first-order valence-corrected chi connectivity index (χ1v) is 7.36. The van der Waals surface area contributed by atoms with Crippen LogP contribution in [0, 0.1) is 0 Å². The van der Waals surface area contributed by atoms with Crippen molar-refractivity contribution in [3.63, 3.8) is 0 Å². The van der Waals surface area contributed by atoms with E-state index in [1.54, 1.807) is 11.8 Å². The lowest BCUT2D eigenvalue weighted by atomic mass is 9.99. The Bertz CT molecular complexity index is 415. The molecule has 2 atom stereocenters. The van der Waals surface area contributed by atoms with E-state index in [0.717, 1.165) is 10.0 Å². The molecule has 0 bridgehead atoms. The summed E-state index contributed by atoms with van der Waals surface area (Å²) in [5.74, 6) is -0.146. The minimum Gasteiger partial charge on any atom is -0.392 e. The third kappa shape index (κ3) is 4.62. The summed E-state index contributed by atoms with van der Waals surface area (Å²) in [5.41, 5.74) is 0.990. The van der Waals surface area contributed by atoms with Crippen molar-refractivity contribution in [2.45, 2.75) is 45.8 Å². The van der Waals surface area contributed by atoms with E-state index < -0.39 is 6.10 Å². The van der Waals surface area contributed by atoms with E-state index in [2.05, 4.69) is 15.9 Å². The Morgan fingerprint density at radius 1 is 1.21 bits per heavy atom. The van der Waals surface area contributed by atoms with Gasteiger partial charge in [-0.2, -0.15) is 0 Å². The van der Waals surface area contributed by atoms with Crippen molar-refractivity contribution >= 4 is 21.8 Å². The van der Waals surface area contributed by atoms with Gasteiger partial charge in [-0.3, -0.25) is 4.79 Å². The second-order valence-corrected chi connectivity index (χ2v) is 6.12. The van der Waals surface area contributed by atoms with E-state index in [4.69, 9.17) is 0 Å². The molecule has 0 radical (unpaired) electrons. The van der Waals surface area contributed by atoms with Crippen LogP contribution in [0.1, 0.15) is 39.2 Å². The van der Waals surface area contributed by atoms with Gasteiger partial charge < -0.3 is 10.0 Å². The largest absolute Gasteiger partial charge is 0.392 e. The van der Waals surface area contributed by atoms with Crippen LogP contribution in [-0.4, -0.2) is 34.6 Å². The van der Waals surface area contributed by atoms with Crippen molar-refractivity contribution in [3.8, 4) is 0 Å². The highest BCUT2D eigenvalue weighted by molar-refractivity contribution is 9.10. The Morgan fingerprint density at radius 2 is 1.74 bits per heavy atom. The molecule has 0 heterocycles. The lowest BCUT2D eigenvalue weighted by Gasteiger charge is -2.30. The lowest BCUT2D eigenvalue weighted by molar-refractivity contribution is -0.135. The maximum absolute atomic E-state index is 12.5. The molecule has 0 aliphatic rings. The maximum atomic E-state index is 12.5. The van der Waals surface area contributed by atoms with Gasteiger partial charge in [0.05, 0.1) is 12.0 Å². The summed E-state index contributed by atoms with van der Waals surface area (Å²) < 4.78 is 1.00. The van der Waals surface area contributed by atoms with Gasteiger partial charge >= 0.3 is 0 Å². The summed E-state index contributed by atoms with van der Waals surface area (Å²) in [6, 6.07) is 7.86. The standard InChI is InChI=1S/C15H22BrNO2/c1-10(2)17(9-11(3)18)15(19)12(4)13-5-7-14(16)8-6-13/h5-8,10-12,18H,9H2,1-4H3. The number of hydrogen-bond donors (Lipinski definition) is 1. The number of nitrogens with zero attached hydrogens (tertiary/aromatic N) is 1. The van der Waals surface area contributed by atoms with Gasteiger partial charge in [-0.25, -0.2) is 0 Å². The molecule has 0 aliphatic heterocycles. The van der Waals surface area contributed by atoms with Crippen LogP contribution in [0.5, 0.6) is 0 Å². The molecule has 2 unspecified atom stereocenters. The fourth-order valence-corrected chi connectivity index (χ4v) is 2.25. The highest BCUT2D eigenvalue weighted by Gasteiger charge is 2.24. The second kappa shape index (κ2) is 7.06. The lowest BCUT2D eigenvalue weighted by Crippen LogP contribution is -2.43. The van der Waals surface area contributed by atoms with Crippen LogP contribution in [0.2, 0.25) is 0 Å². The Hall–Kier alpha value is -0.870. The van der Waals surface area contributed by atoms with Crippen LogP contribution in [0.3, 0.4) is 0 Å². The van der Waals surface area contributed by atoms with Crippen LogP contribution in [0.4, 0.5) is 0 Å². The molecule has 3 nitrogen and oxygen atoms in total. The average molecular weight is 328 g/mol. The number of halogens is 1. The highest BCUT2D eigenvalue weighted by atomic mass is 79.9. The molecule has 0 fully saturated rings. The van der Waals surface area contributed by atoms with Gasteiger partial charge in [0.2, 0.25) is 5.91 Å². The van der Waals surface area contributed by atoms with Gasteiger partial charge in [-0.1, -0.05) is 28.1 Å². The molecule has 106 valence electrons. The average Bonchev–Trinajstić information content (AvgIpc) is 2.34. The van der Waals surface area contributed by atoms with E-state index in [1.165, 1.54) is 0 Å². The van der Waals surface area contributed by atoms with E-state index >= 15 is 0 Å². The molecule has 1 rings (SSSR count). The predicted octanol–water partition coefficient (Wildman–Crippen LogP) is 3.17. The van der Waals surface area contributed by atoms with E-state index in [0.29, 0.717) is 6.54 Å². The summed E-state index contributed by atoms with van der Waals surface area (Å²) in [7, 11) is 0. The quantitative estimate of drug-likeness (QED) is 0.902. The van der Waals surface area contributed by atoms with Crippen molar-refractivity contribution in [2.75, 3.05) is 6.54 Å². The number of aliphatic hydroxyl groups is 1. The molecule has 0 aliphatic carbocycles. The first-order valence-electron chi connectivity index (χ1n) is 6.57. The summed E-state index contributed by atoms with van der Waals surface area (Å²) in [6.07, 6.45) is -0.511. The van der Waals surface area contributed by atoms with Gasteiger partial charge in [0, 0.05) is 17.1 Å². The zero-order valence-corrected chi connectivity index (χ0v) is 13.5. The van der Waals surface area contributed by atoms with Crippen LogP contribution < -0.4 is 0 Å². The van der Waals surface area contributed by atoms with E-state index in [9.17, 15) is 9.90 Å². The molecule has 0 saturated heterocycles. The molecule has 1 aromatic carbocycles. The molecule has 1 aromatic rings. The Morgan fingerprint density at radius 3 is 2.16 bits per heavy atom. The topological polar surface area (TPSA) is 40.5 Å². The van der Waals surface area contributed by atoms with Crippen molar-refractivity contribution < 1.29 is 9.90 Å². The third-order valence-corrected chi connectivity index (χ3v) is 3.64. The summed E-state index contributed by atoms with van der Waals surface area (Å²) >= 11 is 3.39. The molecule has 1 N–H and O–H groups in total. The van der Waals surface area contributed by atoms with Crippen LogP contribution in [0.15, 0.2) is 28.7 Å². The van der Waals surface area contributed by atoms with Crippen LogP contribution in [-0.2, 0) is 4.79 Å². The first-order chi connectivity index (χ1) is 8.82. The van der Waals surface area contributed by atoms with Crippen molar-refractivity contribution in [2.24, 2.45) is 0 Å². The van der Waals surface area contributed by atoms with E-state index in [1.807, 2.05) is 45.0 Å². The minimum atomic E-state index is -0.511. The number of carbonyl (C=O) groups is 1. The molecule has 1 amide bonds. The predicted molar refractivity (Wildman–Crippen MR) is 81.1 cm³/mol. The normalized spacial score (nSPS) is 14.3. The Kier molecular flexibility index (Phi) is 6.01. The van der Waals surface area contributed by atoms with Crippen molar-refractivity contribution in [1.82, 2.24) is 4.90 Å². The zero-order chi connectivity index (χ0) is 14.6. The minimum absolute atomic E-state index is 0.0539. The third-order valence-electron chi connectivity index (χ3n) is 3.11. The number of amides is 1. The molecule has 0 saturated carbocycles. The van der Waals surface area contributed by atoms with E-state index in [-0.39, 0.29) is 17.9 Å².